The van der Waals surface area contributed by atoms with Crippen molar-refractivity contribution in [3.63, 3.8) is 0 Å². The van der Waals surface area contributed by atoms with Gasteiger partial charge in [-0.25, -0.2) is 0 Å². The number of hydrogen-bond acceptors (Lipinski definition) is 5. The number of hydrogen-bond donors (Lipinski definition) is 3. The topological polar surface area (TPSA) is 50.8 Å². The smallest absolute Gasteiger partial charge is 0.124 e. The van der Waals surface area contributed by atoms with E-state index < -0.39 is 0 Å². The van der Waals surface area contributed by atoms with Crippen molar-refractivity contribution in [1.82, 2.24) is 20.4 Å². The Bertz CT molecular complexity index is 702. The van der Waals surface area contributed by atoms with E-state index in [1.54, 1.807) is 0 Å². The van der Waals surface area contributed by atoms with Gasteiger partial charge in [0.2, 0.25) is 0 Å². The first-order valence-electron chi connectivity index (χ1n) is 13.2. The average molecular weight is 459 g/mol. The third-order valence-electron chi connectivity index (χ3n) is 8.03. The molecule has 5 heteroatoms. The van der Waals surface area contributed by atoms with Crippen molar-refractivity contribution in [3.05, 3.63) is 28.8 Å². The number of aromatic hydroxyl groups is 1. The normalized spacial score (nSPS) is 26.8. The largest absolute Gasteiger partial charge is 0.507 e. The number of benzene rings is 1. The van der Waals surface area contributed by atoms with E-state index in [-0.39, 0.29) is 5.41 Å². The molecule has 0 amide bonds. The van der Waals surface area contributed by atoms with Crippen LogP contribution in [0.4, 0.5) is 0 Å². The van der Waals surface area contributed by atoms with Crippen molar-refractivity contribution in [2.24, 2.45) is 0 Å². The lowest BCUT2D eigenvalue weighted by Gasteiger charge is -2.37. The van der Waals surface area contributed by atoms with E-state index in [9.17, 15) is 5.11 Å². The number of likely N-dealkylation sites (N-methyl/N-ethyl adjacent to an activating group) is 2. The van der Waals surface area contributed by atoms with E-state index in [0.29, 0.717) is 29.9 Å². The van der Waals surface area contributed by atoms with Crippen molar-refractivity contribution >= 4 is 0 Å². The molecule has 3 N–H and O–H groups in total. The minimum Gasteiger partial charge on any atom is -0.507 e. The lowest BCUT2D eigenvalue weighted by Crippen LogP contribution is -2.49. The lowest BCUT2D eigenvalue weighted by atomic mass is 9.84. The van der Waals surface area contributed by atoms with Gasteiger partial charge in [0.25, 0.3) is 0 Å². The van der Waals surface area contributed by atoms with Crippen LogP contribution in [0, 0.1) is 0 Å². The zero-order valence-corrected chi connectivity index (χ0v) is 22.4. The second-order valence-electron chi connectivity index (χ2n) is 12.0. The van der Waals surface area contributed by atoms with Gasteiger partial charge in [-0.3, -0.25) is 0 Å². The summed E-state index contributed by atoms with van der Waals surface area (Å²) >= 11 is 0. The highest BCUT2D eigenvalue weighted by atomic mass is 16.3. The first-order valence-corrected chi connectivity index (χ1v) is 13.2. The van der Waals surface area contributed by atoms with Gasteiger partial charge in [-0.05, 0) is 64.9 Å². The van der Waals surface area contributed by atoms with Crippen LogP contribution >= 0.6 is 0 Å². The van der Waals surface area contributed by atoms with Crippen LogP contribution < -0.4 is 10.6 Å². The molecular weight excluding hydrogens is 408 g/mol. The first-order chi connectivity index (χ1) is 15.6. The Balaban J connectivity index is 1.77. The Kier molecular flexibility index (Phi) is 9.24. The number of phenolic OH excluding ortho intramolecular Hbond substituents is 1. The maximum absolute atomic E-state index is 11.3. The second-order valence-corrected chi connectivity index (χ2v) is 12.0. The minimum absolute atomic E-state index is 0.0468. The predicted molar refractivity (Wildman–Crippen MR) is 140 cm³/mol. The molecule has 4 atom stereocenters. The molecule has 5 nitrogen and oxygen atoms in total. The third kappa shape index (κ3) is 6.94. The van der Waals surface area contributed by atoms with Gasteiger partial charge in [0.05, 0.1) is 0 Å². The average Bonchev–Trinajstić information content (AvgIpc) is 2.77. The molecule has 0 saturated heterocycles. The predicted octanol–water partition coefficient (Wildman–Crippen LogP) is 4.61. The fraction of sp³-hybridized carbons (Fsp3) is 0.786. The Morgan fingerprint density at radius 3 is 1.52 bits per heavy atom. The molecule has 188 valence electrons. The zero-order valence-electron chi connectivity index (χ0n) is 22.4. The molecule has 2 aliphatic rings. The van der Waals surface area contributed by atoms with Crippen molar-refractivity contribution in [2.75, 3.05) is 28.2 Å². The highest BCUT2D eigenvalue weighted by Gasteiger charge is 2.28. The van der Waals surface area contributed by atoms with E-state index >= 15 is 0 Å². The van der Waals surface area contributed by atoms with Crippen LogP contribution in [0.5, 0.6) is 5.75 Å². The molecular formula is C28H50N4O. The summed E-state index contributed by atoms with van der Waals surface area (Å²) in [6.07, 6.45) is 10.1. The van der Waals surface area contributed by atoms with Gasteiger partial charge in [-0.2, -0.15) is 0 Å². The van der Waals surface area contributed by atoms with Crippen LogP contribution in [0.2, 0.25) is 0 Å². The standard InChI is InChI=1S/C28H50N4O/c1-28(2,3)22-16-20(18-29-23-12-8-10-14-25(23)31(4)5)27(33)21(17-22)19-30-24-13-9-11-15-26(24)32(6)7/h16-17,23-26,29-30,33H,8-15,18-19H2,1-7H3/t23-,24-,25-,26-/m0/s1. The molecule has 0 spiro atoms. The van der Waals surface area contributed by atoms with Gasteiger partial charge >= 0.3 is 0 Å². The fourth-order valence-electron chi connectivity index (χ4n) is 5.88. The highest BCUT2D eigenvalue weighted by molar-refractivity contribution is 5.45. The lowest BCUT2D eigenvalue weighted by molar-refractivity contribution is 0.175. The summed E-state index contributed by atoms with van der Waals surface area (Å²) in [5, 5.41) is 18.9. The minimum atomic E-state index is 0.0468. The quantitative estimate of drug-likeness (QED) is 0.531. The van der Waals surface area contributed by atoms with Crippen LogP contribution in [0.25, 0.3) is 0 Å². The summed E-state index contributed by atoms with van der Waals surface area (Å²) in [7, 11) is 8.77. The van der Waals surface area contributed by atoms with Crippen molar-refractivity contribution in [2.45, 2.75) is 115 Å². The molecule has 2 saturated carbocycles. The number of phenols is 1. The molecule has 3 rings (SSSR count). The highest BCUT2D eigenvalue weighted by Crippen LogP contribution is 2.32. The van der Waals surface area contributed by atoms with Crippen molar-refractivity contribution in [1.29, 1.82) is 0 Å². The fourth-order valence-corrected chi connectivity index (χ4v) is 5.88. The van der Waals surface area contributed by atoms with Crippen molar-refractivity contribution in [3.8, 4) is 5.75 Å². The number of rotatable bonds is 8. The summed E-state index contributed by atoms with van der Waals surface area (Å²) in [6, 6.07) is 6.56. The van der Waals surface area contributed by atoms with Gasteiger partial charge in [0.1, 0.15) is 5.75 Å². The molecule has 0 unspecified atom stereocenters. The van der Waals surface area contributed by atoms with E-state index in [1.165, 1.54) is 56.9 Å². The van der Waals surface area contributed by atoms with Crippen LogP contribution in [-0.2, 0) is 18.5 Å². The Labute approximate surface area is 203 Å². The van der Waals surface area contributed by atoms with E-state index in [2.05, 4.69) is 81.5 Å². The second kappa shape index (κ2) is 11.5. The van der Waals surface area contributed by atoms with Crippen molar-refractivity contribution < 1.29 is 5.11 Å². The van der Waals surface area contributed by atoms with E-state index in [0.717, 1.165) is 24.2 Å². The maximum Gasteiger partial charge on any atom is 0.124 e. The van der Waals surface area contributed by atoms with Crippen LogP contribution in [0.15, 0.2) is 12.1 Å². The summed E-state index contributed by atoms with van der Waals surface area (Å²) in [6.45, 7) is 8.24. The van der Waals surface area contributed by atoms with E-state index in [4.69, 9.17) is 0 Å². The monoisotopic (exact) mass is 458 g/mol. The molecule has 2 fully saturated rings. The van der Waals surface area contributed by atoms with Crippen LogP contribution in [0.1, 0.15) is 88.8 Å². The molecule has 1 aromatic rings. The molecule has 0 aromatic heterocycles. The van der Waals surface area contributed by atoms with Crippen LogP contribution in [-0.4, -0.2) is 67.3 Å². The Morgan fingerprint density at radius 1 is 0.758 bits per heavy atom. The first kappa shape index (κ1) is 26.5. The summed E-state index contributed by atoms with van der Waals surface area (Å²) in [5.74, 6) is 0.470. The van der Waals surface area contributed by atoms with Gasteiger partial charge in [-0.1, -0.05) is 58.6 Å². The molecule has 0 bridgehead atoms. The molecule has 0 aliphatic heterocycles. The Hall–Kier alpha value is -1.14. The molecule has 33 heavy (non-hydrogen) atoms. The molecule has 0 heterocycles. The SMILES string of the molecule is CN(C)[C@H]1CCCC[C@@H]1NCc1cc(C(C)(C)C)cc(CN[C@H]2CCCC[C@@H]2N(C)C)c1O. The summed E-state index contributed by atoms with van der Waals surface area (Å²) < 4.78 is 0. The van der Waals surface area contributed by atoms with Gasteiger partial charge < -0.3 is 25.5 Å². The molecule has 1 aromatic carbocycles. The third-order valence-corrected chi connectivity index (χ3v) is 8.03. The van der Waals surface area contributed by atoms with Gasteiger partial charge in [0.15, 0.2) is 0 Å². The van der Waals surface area contributed by atoms with Gasteiger partial charge in [0, 0.05) is 48.4 Å². The number of nitrogens with zero attached hydrogens (tertiary/aromatic N) is 2. The maximum atomic E-state index is 11.3. The summed E-state index contributed by atoms with van der Waals surface area (Å²) in [5.41, 5.74) is 3.42. The molecule has 0 radical (unpaired) electrons. The van der Waals surface area contributed by atoms with E-state index in [1.807, 2.05) is 0 Å². The Morgan fingerprint density at radius 2 is 1.15 bits per heavy atom. The molecule has 2 aliphatic carbocycles. The van der Waals surface area contributed by atoms with Gasteiger partial charge in [-0.15, -0.1) is 0 Å². The number of nitrogens with one attached hydrogen (secondary N) is 2. The summed E-state index contributed by atoms with van der Waals surface area (Å²) in [4.78, 5) is 4.73. The zero-order chi connectivity index (χ0) is 24.2. The van der Waals surface area contributed by atoms with Crippen LogP contribution in [0.3, 0.4) is 0 Å².